The zero-order valence-electron chi connectivity index (χ0n) is 13.0. The summed E-state index contributed by atoms with van der Waals surface area (Å²) >= 11 is 0. The Hall–Kier alpha value is -2.46. The molecule has 1 aromatic heterocycles. The Morgan fingerprint density at radius 1 is 0.739 bits per heavy atom. The molecule has 4 rings (SSSR count). The van der Waals surface area contributed by atoms with E-state index in [1.807, 2.05) is 18.5 Å². The molecule has 0 spiro atoms. The summed E-state index contributed by atoms with van der Waals surface area (Å²) in [4.78, 5) is 9.11. The Morgan fingerprint density at radius 3 is 1.87 bits per heavy atom. The Bertz CT molecular complexity index is 723. The van der Waals surface area contributed by atoms with Crippen LogP contribution < -0.4 is 14.9 Å². The number of anilines is 1. The van der Waals surface area contributed by atoms with Gasteiger partial charge in [-0.25, -0.2) is 9.97 Å². The van der Waals surface area contributed by atoms with Gasteiger partial charge in [0.15, 0.2) is 0 Å². The molecular formula is C19H19N3Si. The minimum atomic E-state index is -2.05. The lowest BCUT2D eigenvalue weighted by Crippen LogP contribution is -2.67. The predicted molar refractivity (Wildman–Crippen MR) is 96.7 cm³/mol. The second-order valence-electron chi connectivity index (χ2n) is 5.90. The van der Waals surface area contributed by atoms with Crippen molar-refractivity contribution in [2.45, 2.75) is 12.5 Å². The average molecular weight is 317 g/mol. The molecule has 3 aromatic rings. The SMILES string of the molecule is c1ccc([Si]2(c3ccccc3)CCCN2c2ncccn2)cc1. The number of hydrogen-bond acceptors (Lipinski definition) is 3. The smallest absolute Gasteiger partial charge is 0.223 e. The Balaban J connectivity index is 1.93. The monoisotopic (exact) mass is 317 g/mol. The highest BCUT2D eigenvalue weighted by Gasteiger charge is 2.48. The summed E-state index contributed by atoms with van der Waals surface area (Å²) in [5.41, 5.74) is 0. The maximum atomic E-state index is 4.56. The zero-order valence-corrected chi connectivity index (χ0v) is 14.0. The van der Waals surface area contributed by atoms with Crippen molar-refractivity contribution in [1.29, 1.82) is 0 Å². The fraction of sp³-hybridized carbons (Fsp3) is 0.158. The summed E-state index contributed by atoms with van der Waals surface area (Å²) in [6.45, 7) is 1.03. The molecule has 1 fully saturated rings. The molecule has 0 amide bonds. The van der Waals surface area contributed by atoms with Gasteiger partial charge in [-0.15, -0.1) is 0 Å². The van der Waals surface area contributed by atoms with E-state index in [9.17, 15) is 0 Å². The van der Waals surface area contributed by atoms with Crippen LogP contribution in [0, 0.1) is 0 Å². The predicted octanol–water partition coefficient (Wildman–Crippen LogP) is 2.45. The van der Waals surface area contributed by atoms with Gasteiger partial charge in [0.25, 0.3) is 0 Å². The third kappa shape index (κ3) is 2.35. The Kier molecular flexibility index (Phi) is 3.67. The number of hydrogen-bond donors (Lipinski definition) is 0. The average Bonchev–Trinajstić information content (AvgIpc) is 3.10. The van der Waals surface area contributed by atoms with Crippen LogP contribution in [0.15, 0.2) is 79.1 Å². The van der Waals surface area contributed by atoms with Gasteiger partial charge in [0.1, 0.15) is 0 Å². The minimum Gasteiger partial charge on any atom is -0.359 e. The van der Waals surface area contributed by atoms with Crippen molar-refractivity contribution in [3.63, 3.8) is 0 Å². The Labute approximate surface area is 137 Å². The fourth-order valence-electron chi connectivity index (χ4n) is 3.71. The van der Waals surface area contributed by atoms with Gasteiger partial charge in [-0.3, -0.25) is 0 Å². The summed E-state index contributed by atoms with van der Waals surface area (Å²) < 4.78 is 2.50. The largest absolute Gasteiger partial charge is 0.359 e. The highest BCUT2D eigenvalue weighted by Crippen LogP contribution is 2.29. The van der Waals surface area contributed by atoms with E-state index >= 15 is 0 Å². The first kappa shape index (κ1) is 14.1. The number of aromatic nitrogens is 2. The summed E-state index contributed by atoms with van der Waals surface area (Å²) in [5.74, 6) is 0.865. The van der Waals surface area contributed by atoms with Gasteiger partial charge in [-0.2, -0.15) is 0 Å². The number of benzene rings is 2. The lowest BCUT2D eigenvalue weighted by Gasteiger charge is -2.37. The van der Waals surface area contributed by atoms with E-state index in [1.54, 1.807) is 0 Å². The summed E-state index contributed by atoms with van der Waals surface area (Å²) in [6.07, 6.45) is 4.87. The molecule has 0 unspecified atom stereocenters. The first-order valence-corrected chi connectivity index (χ1v) is 10.2. The topological polar surface area (TPSA) is 29.0 Å². The molecule has 4 heteroatoms. The van der Waals surface area contributed by atoms with Gasteiger partial charge in [-0.1, -0.05) is 60.7 Å². The second-order valence-corrected chi connectivity index (χ2v) is 9.81. The summed E-state index contributed by atoms with van der Waals surface area (Å²) in [7, 11) is -2.05. The first-order valence-electron chi connectivity index (χ1n) is 8.07. The summed E-state index contributed by atoms with van der Waals surface area (Å²) in [6, 6.07) is 25.0. The maximum absolute atomic E-state index is 4.56. The third-order valence-electron chi connectivity index (χ3n) is 4.68. The highest BCUT2D eigenvalue weighted by molar-refractivity contribution is 7.05. The lowest BCUT2D eigenvalue weighted by molar-refractivity contribution is 0.941. The van der Waals surface area contributed by atoms with E-state index in [4.69, 9.17) is 0 Å². The third-order valence-corrected chi connectivity index (χ3v) is 9.68. The van der Waals surface area contributed by atoms with Crippen LogP contribution in [0.5, 0.6) is 0 Å². The van der Waals surface area contributed by atoms with E-state index < -0.39 is 8.24 Å². The highest BCUT2D eigenvalue weighted by atomic mass is 28.3. The normalized spacial score (nSPS) is 16.4. The van der Waals surface area contributed by atoms with Gasteiger partial charge in [-0.05, 0) is 28.9 Å². The van der Waals surface area contributed by atoms with Gasteiger partial charge in [0, 0.05) is 18.9 Å². The molecule has 0 aliphatic carbocycles. The van der Waals surface area contributed by atoms with E-state index in [-0.39, 0.29) is 0 Å². The molecule has 0 atom stereocenters. The Morgan fingerprint density at radius 2 is 1.30 bits per heavy atom. The van der Waals surface area contributed by atoms with Crippen molar-refractivity contribution in [3.05, 3.63) is 79.1 Å². The van der Waals surface area contributed by atoms with Crippen molar-refractivity contribution in [2.24, 2.45) is 0 Å². The van der Waals surface area contributed by atoms with Crippen LogP contribution in [0.4, 0.5) is 5.95 Å². The molecule has 23 heavy (non-hydrogen) atoms. The number of nitrogens with zero attached hydrogens (tertiary/aromatic N) is 3. The zero-order chi connectivity index (χ0) is 15.5. The van der Waals surface area contributed by atoms with Crippen LogP contribution in [0.2, 0.25) is 6.04 Å². The van der Waals surface area contributed by atoms with Crippen molar-refractivity contribution in [2.75, 3.05) is 11.1 Å². The molecule has 0 bridgehead atoms. The van der Waals surface area contributed by atoms with Crippen LogP contribution in [0.3, 0.4) is 0 Å². The van der Waals surface area contributed by atoms with Crippen molar-refractivity contribution >= 4 is 24.6 Å². The molecule has 114 valence electrons. The van der Waals surface area contributed by atoms with Crippen LogP contribution in [-0.2, 0) is 0 Å². The molecule has 1 aliphatic heterocycles. The van der Waals surface area contributed by atoms with Gasteiger partial charge in [0.05, 0.1) is 0 Å². The van der Waals surface area contributed by atoms with Crippen LogP contribution in [0.25, 0.3) is 0 Å². The molecule has 0 saturated carbocycles. The van der Waals surface area contributed by atoms with E-state index in [1.165, 1.54) is 22.8 Å². The molecule has 0 radical (unpaired) electrons. The molecule has 3 nitrogen and oxygen atoms in total. The number of rotatable bonds is 3. The van der Waals surface area contributed by atoms with Crippen molar-refractivity contribution in [1.82, 2.24) is 9.97 Å². The van der Waals surface area contributed by atoms with E-state index in [2.05, 4.69) is 75.2 Å². The summed E-state index contributed by atoms with van der Waals surface area (Å²) in [5, 5.41) is 2.88. The van der Waals surface area contributed by atoms with Crippen molar-refractivity contribution < 1.29 is 0 Å². The molecule has 2 aromatic carbocycles. The molecule has 1 aliphatic rings. The maximum Gasteiger partial charge on any atom is 0.223 e. The van der Waals surface area contributed by atoms with Crippen LogP contribution >= 0.6 is 0 Å². The minimum absolute atomic E-state index is 0.865. The van der Waals surface area contributed by atoms with Crippen LogP contribution in [-0.4, -0.2) is 24.7 Å². The van der Waals surface area contributed by atoms with Gasteiger partial charge >= 0.3 is 0 Å². The second kappa shape index (κ2) is 5.97. The fourth-order valence-corrected chi connectivity index (χ4v) is 8.67. The molecule has 0 N–H and O–H groups in total. The van der Waals surface area contributed by atoms with Crippen molar-refractivity contribution in [3.8, 4) is 0 Å². The van der Waals surface area contributed by atoms with Gasteiger partial charge in [0.2, 0.25) is 14.2 Å². The quantitative estimate of drug-likeness (QED) is 0.695. The van der Waals surface area contributed by atoms with Gasteiger partial charge < -0.3 is 4.57 Å². The standard InChI is InChI=1S/C19H19N3Si/c1-3-9-17(10-4-1)23(18-11-5-2-6-12-18)16-8-15-22(23)19-20-13-7-14-21-19/h1-7,9-14H,8,15-16H2. The molecular weight excluding hydrogens is 298 g/mol. The lowest BCUT2D eigenvalue weighted by atomic mass is 10.4. The molecule has 1 saturated heterocycles. The molecule has 2 heterocycles. The first-order chi connectivity index (χ1) is 11.4. The van der Waals surface area contributed by atoms with Crippen LogP contribution in [0.1, 0.15) is 6.42 Å². The van der Waals surface area contributed by atoms with E-state index in [0.717, 1.165) is 12.5 Å². The van der Waals surface area contributed by atoms with E-state index in [0.29, 0.717) is 0 Å².